The van der Waals surface area contributed by atoms with Gasteiger partial charge in [-0.3, -0.25) is 4.79 Å². The Bertz CT molecular complexity index is 390. The predicted molar refractivity (Wildman–Crippen MR) is 78.0 cm³/mol. The number of hydrogen-bond acceptors (Lipinski definition) is 2. The minimum absolute atomic E-state index is 0.187. The molecule has 0 bridgehead atoms. The smallest absolute Gasteiger partial charge is 0.224 e. The molecular formula is C16H25NO2. The third kappa shape index (κ3) is 5.77. The van der Waals surface area contributed by atoms with Crippen molar-refractivity contribution in [2.45, 2.75) is 57.8 Å². The summed E-state index contributed by atoms with van der Waals surface area (Å²) in [7, 11) is 0. The summed E-state index contributed by atoms with van der Waals surface area (Å²) in [6.45, 7) is 2.20. The largest absolute Gasteiger partial charge is 0.508 e. The highest BCUT2D eigenvalue weighted by Crippen LogP contribution is 2.25. The Morgan fingerprint density at radius 2 is 1.89 bits per heavy atom. The Balaban J connectivity index is 2.44. The van der Waals surface area contributed by atoms with Gasteiger partial charge < -0.3 is 10.8 Å². The van der Waals surface area contributed by atoms with E-state index in [-0.39, 0.29) is 17.6 Å². The van der Waals surface area contributed by atoms with Gasteiger partial charge in [-0.15, -0.1) is 0 Å². The van der Waals surface area contributed by atoms with E-state index in [4.69, 9.17) is 5.73 Å². The molecule has 3 N–H and O–H groups in total. The molecule has 0 aliphatic carbocycles. The van der Waals surface area contributed by atoms with Crippen LogP contribution in [0, 0.1) is 0 Å². The van der Waals surface area contributed by atoms with Crippen LogP contribution in [0.2, 0.25) is 0 Å². The van der Waals surface area contributed by atoms with Crippen LogP contribution in [0.15, 0.2) is 24.3 Å². The monoisotopic (exact) mass is 263 g/mol. The molecule has 1 aromatic rings. The summed E-state index contributed by atoms with van der Waals surface area (Å²) >= 11 is 0. The lowest BCUT2D eigenvalue weighted by Crippen LogP contribution is -2.21. The van der Waals surface area contributed by atoms with Gasteiger partial charge in [-0.2, -0.15) is 0 Å². The molecule has 0 fully saturated rings. The molecule has 0 aliphatic heterocycles. The maximum atomic E-state index is 11.5. The number of phenolic OH excluding ortho intramolecular Hbond substituents is 1. The van der Waals surface area contributed by atoms with Crippen molar-refractivity contribution < 1.29 is 9.90 Å². The van der Waals surface area contributed by atoms with Gasteiger partial charge in [0.05, 0.1) is 5.92 Å². The molecule has 3 nitrogen and oxygen atoms in total. The van der Waals surface area contributed by atoms with Crippen LogP contribution in [0.1, 0.15) is 63.4 Å². The normalized spacial score (nSPS) is 12.3. The number of rotatable bonds is 9. The molecular weight excluding hydrogens is 238 g/mol. The molecule has 0 radical (unpaired) electrons. The van der Waals surface area contributed by atoms with Gasteiger partial charge in [0.2, 0.25) is 5.91 Å². The number of primary amides is 1. The van der Waals surface area contributed by atoms with Crippen molar-refractivity contribution in [3.8, 4) is 5.75 Å². The Kier molecular flexibility index (Phi) is 7.01. The number of benzene rings is 1. The summed E-state index contributed by atoms with van der Waals surface area (Å²) in [5, 5.41) is 9.46. The van der Waals surface area contributed by atoms with Crippen LogP contribution in [0.3, 0.4) is 0 Å². The van der Waals surface area contributed by atoms with Gasteiger partial charge in [0, 0.05) is 0 Å². The van der Waals surface area contributed by atoms with Crippen LogP contribution in [0.25, 0.3) is 0 Å². The van der Waals surface area contributed by atoms with Crippen LogP contribution in [0.4, 0.5) is 0 Å². The first kappa shape index (κ1) is 15.5. The number of amides is 1. The number of phenols is 1. The first-order valence-electron chi connectivity index (χ1n) is 7.23. The van der Waals surface area contributed by atoms with Crippen molar-refractivity contribution in [1.29, 1.82) is 0 Å². The van der Waals surface area contributed by atoms with Gasteiger partial charge in [0.25, 0.3) is 0 Å². The van der Waals surface area contributed by atoms with E-state index in [2.05, 4.69) is 6.92 Å². The molecule has 0 heterocycles. The Morgan fingerprint density at radius 3 is 2.53 bits per heavy atom. The summed E-state index contributed by atoms with van der Waals surface area (Å²) in [5.41, 5.74) is 6.28. The zero-order chi connectivity index (χ0) is 14.1. The average Bonchev–Trinajstić information content (AvgIpc) is 2.37. The van der Waals surface area contributed by atoms with Gasteiger partial charge in [0.15, 0.2) is 0 Å². The van der Waals surface area contributed by atoms with Gasteiger partial charge in [-0.05, 0) is 24.1 Å². The maximum absolute atomic E-state index is 11.5. The minimum Gasteiger partial charge on any atom is -0.508 e. The van der Waals surface area contributed by atoms with E-state index in [9.17, 15) is 9.90 Å². The highest BCUT2D eigenvalue weighted by molar-refractivity contribution is 5.82. The Morgan fingerprint density at radius 1 is 1.21 bits per heavy atom. The van der Waals surface area contributed by atoms with Crippen molar-refractivity contribution in [3.63, 3.8) is 0 Å². The maximum Gasteiger partial charge on any atom is 0.224 e. The lowest BCUT2D eigenvalue weighted by Gasteiger charge is -2.14. The molecule has 0 aliphatic rings. The van der Waals surface area contributed by atoms with Crippen molar-refractivity contribution >= 4 is 5.91 Å². The minimum atomic E-state index is -0.306. The lowest BCUT2D eigenvalue weighted by molar-refractivity contribution is -0.119. The topological polar surface area (TPSA) is 63.3 Å². The summed E-state index contributed by atoms with van der Waals surface area (Å²) in [4.78, 5) is 11.5. The van der Waals surface area contributed by atoms with E-state index in [1.165, 1.54) is 25.7 Å². The third-order valence-corrected chi connectivity index (χ3v) is 3.46. The van der Waals surface area contributed by atoms with Crippen molar-refractivity contribution in [1.82, 2.24) is 0 Å². The molecule has 1 aromatic carbocycles. The number of unbranched alkanes of at least 4 members (excludes halogenated alkanes) is 5. The molecule has 19 heavy (non-hydrogen) atoms. The van der Waals surface area contributed by atoms with Crippen molar-refractivity contribution in [3.05, 3.63) is 29.8 Å². The number of carbonyl (C=O) groups excluding carboxylic acids is 1. The standard InChI is InChI=1S/C16H25NO2/c1-2-3-4-5-6-7-11-15(16(17)19)13-9-8-10-14(18)12-13/h8-10,12,15,18H,2-7,11H2,1H3,(H2,17,19). The highest BCUT2D eigenvalue weighted by Gasteiger charge is 2.17. The van der Waals surface area contributed by atoms with Gasteiger partial charge in [0.1, 0.15) is 5.75 Å². The van der Waals surface area contributed by atoms with E-state index in [0.717, 1.165) is 24.8 Å². The summed E-state index contributed by atoms with van der Waals surface area (Å²) in [5.74, 6) is -0.399. The quantitative estimate of drug-likeness (QED) is 0.667. The van der Waals surface area contributed by atoms with E-state index in [0.29, 0.717) is 0 Å². The fraction of sp³-hybridized carbons (Fsp3) is 0.562. The average molecular weight is 263 g/mol. The van der Waals surface area contributed by atoms with Gasteiger partial charge in [-0.1, -0.05) is 57.6 Å². The zero-order valence-corrected chi connectivity index (χ0v) is 11.8. The number of aromatic hydroxyl groups is 1. The fourth-order valence-electron chi connectivity index (χ4n) is 2.34. The highest BCUT2D eigenvalue weighted by atomic mass is 16.3. The number of hydrogen-bond donors (Lipinski definition) is 2. The molecule has 0 saturated carbocycles. The van der Waals surface area contributed by atoms with Crippen LogP contribution < -0.4 is 5.73 Å². The molecule has 1 atom stereocenters. The molecule has 1 rings (SSSR count). The number of nitrogens with two attached hydrogens (primary N) is 1. The SMILES string of the molecule is CCCCCCCCC(C(N)=O)c1cccc(O)c1. The molecule has 0 saturated heterocycles. The summed E-state index contributed by atoms with van der Waals surface area (Å²) in [6, 6.07) is 6.84. The summed E-state index contributed by atoms with van der Waals surface area (Å²) in [6.07, 6.45) is 7.93. The van der Waals surface area contributed by atoms with Crippen LogP contribution in [-0.2, 0) is 4.79 Å². The first-order valence-corrected chi connectivity index (χ1v) is 7.23. The van der Waals surface area contributed by atoms with Crippen molar-refractivity contribution in [2.75, 3.05) is 0 Å². The van der Waals surface area contributed by atoms with E-state index in [1.807, 2.05) is 6.07 Å². The Labute approximate surface area is 115 Å². The molecule has 0 aromatic heterocycles. The van der Waals surface area contributed by atoms with Crippen molar-refractivity contribution in [2.24, 2.45) is 5.73 Å². The second kappa shape index (κ2) is 8.57. The molecule has 1 amide bonds. The molecule has 106 valence electrons. The summed E-state index contributed by atoms with van der Waals surface area (Å²) < 4.78 is 0. The lowest BCUT2D eigenvalue weighted by atomic mass is 9.92. The zero-order valence-electron chi connectivity index (χ0n) is 11.8. The van der Waals surface area contributed by atoms with E-state index in [1.54, 1.807) is 18.2 Å². The number of carbonyl (C=O) groups is 1. The van der Waals surface area contributed by atoms with Crippen LogP contribution in [0.5, 0.6) is 5.75 Å². The predicted octanol–water partition coefficient (Wildman–Crippen LogP) is 3.71. The second-order valence-corrected chi connectivity index (χ2v) is 5.11. The van der Waals surface area contributed by atoms with Gasteiger partial charge >= 0.3 is 0 Å². The first-order chi connectivity index (χ1) is 9.15. The molecule has 0 spiro atoms. The van der Waals surface area contributed by atoms with E-state index < -0.39 is 0 Å². The van der Waals surface area contributed by atoms with Crippen LogP contribution >= 0.6 is 0 Å². The Hall–Kier alpha value is -1.51. The molecule has 1 unspecified atom stereocenters. The third-order valence-electron chi connectivity index (χ3n) is 3.46. The van der Waals surface area contributed by atoms with Crippen LogP contribution in [-0.4, -0.2) is 11.0 Å². The fourth-order valence-corrected chi connectivity index (χ4v) is 2.34. The molecule has 3 heteroatoms. The second-order valence-electron chi connectivity index (χ2n) is 5.11. The van der Waals surface area contributed by atoms with E-state index >= 15 is 0 Å². The van der Waals surface area contributed by atoms with Gasteiger partial charge in [-0.25, -0.2) is 0 Å².